The number of nitrogens with zero attached hydrogens (tertiary/aromatic N) is 1. The zero-order chi connectivity index (χ0) is 14.7. The predicted molar refractivity (Wildman–Crippen MR) is 80.9 cm³/mol. The molecule has 1 aliphatic heterocycles. The van der Waals surface area contributed by atoms with E-state index in [1.165, 1.54) is 0 Å². The van der Waals surface area contributed by atoms with Gasteiger partial charge in [-0.25, -0.2) is 0 Å². The second kappa shape index (κ2) is 6.13. The molecule has 1 aromatic rings. The molecule has 0 spiro atoms. The average Bonchev–Trinajstić information content (AvgIpc) is 2.84. The fourth-order valence-electron chi connectivity index (χ4n) is 2.74. The molecule has 3 N–H and O–H groups in total. The van der Waals surface area contributed by atoms with Crippen molar-refractivity contribution in [3.8, 4) is 5.75 Å². The summed E-state index contributed by atoms with van der Waals surface area (Å²) in [7, 11) is 1.58. The van der Waals surface area contributed by atoms with E-state index >= 15 is 0 Å². The standard InChI is InChI=1S/C15H23N3O2/c1-10-5-4-8-18(10)11(2)15(19)17-13-9-12(16)6-7-14(13)20-3/h6-7,9-11H,4-5,8,16H2,1-3H3,(H,17,19). The highest BCUT2D eigenvalue weighted by Crippen LogP contribution is 2.27. The Bertz CT molecular complexity index is 490. The van der Waals surface area contributed by atoms with Gasteiger partial charge in [-0.1, -0.05) is 0 Å². The molecule has 20 heavy (non-hydrogen) atoms. The lowest BCUT2D eigenvalue weighted by Gasteiger charge is -2.27. The number of carbonyl (C=O) groups is 1. The Morgan fingerprint density at radius 1 is 1.55 bits per heavy atom. The smallest absolute Gasteiger partial charge is 0.241 e. The van der Waals surface area contributed by atoms with E-state index in [0.717, 1.165) is 19.4 Å². The topological polar surface area (TPSA) is 67.6 Å². The molecule has 0 bridgehead atoms. The number of benzene rings is 1. The Labute approximate surface area is 120 Å². The molecular formula is C15H23N3O2. The van der Waals surface area contributed by atoms with Crippen LogP contribution in [0.2, 0.25) is 0 Å². The van der Waals surface area contributed by atoms with Gasteiger partial charge in [0.15, 0.2) is 0 Å². The minimum Gasteiger partial charge on any atom is -0.495 e. The second-order valence-electron chi connectivity index (χ2n) is 5.35. The van der Waals surface area contributed by atoms with Crippen LogP contribution >= 0.6 is 0 Å². The Hall–Kier alpha value is -1.75. The molecule has 0 aromatic heterocycles. The highest BCUT2D eigenvalue weighted by molar-refractivity contribution is 5.96. The van der Waals surface area contributed by atoms with E-state index in [0.29, 0.717) is 23.2 Å². The summed E-state index contributed by atoms with van der Waals surface area (Å²) in [6, 6.07) is 5.53. The van der Waals surface area contributed by atoms with E-state index in [1.54, 1.807) is 25.3 Å². The van der Waals surface area contributed by atoms with Gasteiger partial charge in [-0.15, -0.1) is 0 Å². The van der Waals surface area contributed by atoms with Crippen molar-refractivity contribution in [2.75, 3.05) is 24.7 Å². The number of hydrogen-bond donors (Lipinski definition) is 2. The number of nitrogens with two attached hydrogens (primary N) is 1. The number of methoxy groups -OCH3 is 1. The third kappa shape index (κ3) is 3.04. The predicted octanol–water partition coefficient (Wildman–Crippen LogP) is 2.09. The number of likely N-dealkylation sites (tertiary alicyclic amines) is 1. The first-order chi connectivity index (χ1) is 9.52. The molecule has 1 saturated heterocycles. The van der Waals surface area contributed by atoms with Gasteiger partial charge >= 0.3 is 0 Å². The third-order valence-electron chi connectivity index (χ3n) is 3.96. The zero-order valence-corrected chi connectivity index (χ0v) is 12.3. The number of amides is 1. The number of nitrogen functional groups attached to an aromatic ring is 1. The first-order valence-electron chi connectivity index (χ1n) is 7.03. The fourth-order valence-corrected chi connectivity index (χ4v) is 2.74. The Kier molecular flexibility index (Phi) is 4.49. The van der Waals surface area contributed by atoms with Crippen molar-refractivity contribution < 1.29 is 9.53 Å². The van der Waals surface area contributed by atoms with Crippen molar-refractivity contribution >= 4 is 17.3 Å². The Morgan fingerprint density at radius 2 is 2.30 bits per heavy atom. The molecule has 2 atom stereocenters. The summed E-state index contributed by atoms with van der Waals surface area (Å²) >= 11 is 0. The molecule has 0 aliphatic carbocycles. The van der Waals surface area contributed by atoms with E-state index in [2.05, 4.69) is 17.1 Å². The lowest BCUT2D eigenvalue weighted by atomic mass is 10.2. The maximum absolute atomic E-state index is 12.4. The first-order valence-corrected chi connectivity index (χ1v) is 7.03. The van der Waals surface area contributed by atoms with Crippen molar-refractivity contribution in [3.63, 3.8) is 0 Å². The monoisotopic (exact) mass is 277 g/mol. The fraction of sp³-hybridized carbons (Fsp3) is 0.533. The van der Waals surface area contributed by atoms with Crippen LogP contribution in [0.15, 0.2) is 18.2 Å². The third-order valence-corrected chi connectivity index (χ3v) is 3.96. The number of carbonyl (C=O) groups excluding carboxylic acids is 1. The van der Waals surface area contributed by atoms with Crippen molar-refractivity contribution in [1.29, 1.82) is 0 Å². The van der Waals surface area contributed by atoms with Crippen molar-refractivity contribution in [2.24, 2.45) is 0 Å². The van der Waals surface area contributed by atoms with Crippen LogP contribution in [0.5, 0.6) is 5.75 Å². The highest BCUT2D eigenvalue weighted by Gasteiger charge is 2.29. The largest absolute Gasteiger partial charge is 0.495 e. The van der Waals surface area contributed by atoms with Crippen LogP contribution in [0, 0.1) is 0 Å². The van der Waals surface area contributed by atoms with Gasteiger partial charge in [0.05, 0.1) is 18.8 Å². The molecule has 2 unspecified atom stereocenters. The Morgan fingerprint density at radius 3 is 2.90 bits per heavy atom. The van der Waals surface area contributed by atoms with Crippen molar-refractivity contribution in [3.05, 3.63) is 18.2 Å². The van der Waals surface area contributed by atoms with Gasteiger partial charge in [0.2, 0.25) is 5.91 Å². The average molecular weight is 277 g/mol. The zero-order valence-electron chi connectivity index (χ0n) is 12.3. The lowest BCUT2D eigenvalue weighted by molar-refractivity contribution is -0.121. The molecule has 2 rings (SSSR count). The molecule has 1 aliphatic rings. The first kappa shape index (κ1) is 14.7. The summed E-state index contributed by atoms with van der Waals surface area (Å²) in [5, 5.41) is 2.91. The quantitative estimate of drug-likeness (QED) is 0.827. The van der Waals surface area contributed by atoms with Crippen LogP contribution in [0.1, 0.15) is 26.7 Å². The maximum Gasteiger partial charge on any atom is 0.241 e. The van der Waals surface area contributed by atoms with Crippen LogP contribution in [0.3, 0.4) is 0 Å². The van der Waals surface area contributed by atoms with Gasteiger partial charge < -0.3 is 15.8 Å². The SMILES string of the molecule is COc1ccc(N)cc1NC(=O)C(C)N1CCCC1C. The number of anilines is 2. The van der Waals surface area contributed by atoms with Crippen molar-refractivity contribution in [1.82, 2.24) is 4.90 Å². The van der Waals surface area contributed by atoms with Gasteiger partial charge in [-0.3, -0.25) is 9.69 Å². The van der Waals surface area contributed by atoms with Crippen molar-refractivity contribution in [2.45, 2.75) is 38.8 Å². The summed E-state index contributed by atoms with van der Waals surface area (Å²) in [4.78, 5) is 14.6. The Balaban J connectivity index is 2.09. The van der Waals surface area contributed by atoms with E-state index in [-0.39, 0.29) is 11.9 Å². The van der Waals surface area contributed by atoms with Gasteiger partial charge in [0.25, 0.3) is 0 Å². The summed E-state index contributed by atoms with van der Waals surface area (Å²) < 4.78 is 5.24. The molecule has 5 heteroatoms. The van der Waals surface area contributed by atoms with Crippen LogP contribution in [-0.4, -0.2) is 36.5 Å². The number of ether oxygens (including phenoxy) is 1. The molecule has 1 aromatic carbocycles. The molecule has 0 radical (unpaired) electrons. The van der Waals surface area contributed by atoms with Crippen LogP contribution in [0.25, 0.3) is 0 Å². The maximum atomic E-state index is 12.4. The van der Waals surface area contributed by atoms with Gasteiger partial charge in [0.1, 0.15) is 5.75 Å². The van der Waals surface area contributed by atoms with Gasteiger partial charge in [-0.2, -0.15) is 0 Å². The van der Waals surface area contributed by atoms with E-state index in [9.17, 15) is 4.79 Å². The summed E-state index contributed by atoms with van der Waals surface area (Å²) in [5.74, 6) is 0.594. The van der Waals surface area contributed by atoms with E-state index < -0.39 is 0 Å². The summed E-state index contributed by atoms with van der Waals surface area (Å²) in [6.45, 7) is 5.08. The molecule has 1 heterocycles. The number of nitrogens with one attached hydrogen (secondary N) is 1. The van der Waals surface area contributed by atoms with Crippen LogP contribution in [-0.2, 0) is 4.79 Å². The van der Waals surface area contributed by atoms with Gasteiger partial charge in [-0.05, 0) is 51.4 Å². The minimum absolute atomic E-state index is 0.0253. The highest BCUT2D eigenvalue weighted by atomic mass is 16.5. The van der Waals surface area contributed by atoms with E-state index in [1.807, 2.05) is 6.92 Å². The molecule has 110 valence electrons. The van der Waals surface area contributed by atoms with Gasteiger partial charge in [0, 0.05) is 11.7 Å². The molecule has 1 amide bonds. The summed E-state index contributed by atoms with van der Waals surface area (Å²) in [6.07, 6.45) is 2.31. The minimum atomic E-state index is -0.154. The van der Waals surface area contributed by atoms with E-state index in [4.69, 9.17) is 10.5 Å². The number of hydrogen-bond acceptors (Lipinski definition) is 4. The molecule has 0 saturated carbocycles. The summed E-state index contributed by atoms with van der Waals surface area (Å²) in [5.41, 5.74) is 6.98. The van der Waals surface area contributed by atoms with Crippen LogP contribution in [0.4, 0.5) is 11.4 Å². The molecule has 5 nitrogen and oxygen atoms in total. The second-order valence-corrected chi connectivity index (χ2v) is 5.35. The molecule has 1 fully saturated rings. The number of rotatable bonds is 4. The lowest BCUT2D eigenvalue weighted by Crippen LogP contribution is -2.43. The normalized spacial score (nSPS) is 20.6. The molecular weight excluding hydrogens is 254 g/mol. The van der Waals surface area contributed by atoms with Crippen LogP contribution < -0.4 is 15.8 Å².